The van der Waals surface area contributed by atoms with E-state index in [0.717, 1.165) is 33.5 Å². The monoisotopic (exact) mass is 396 g/mol. The molecule has 1 unspecified atom stereocenters. The quantitative estimate of drug-likeness (QED) is 0.650. The Balaban J connectivity index is 2.14. The maximum absolute atomic E-state index is 14.0. The Labute approximate surface area is 162 Å². The number of thiazole rings is 1. The number of hydrogen-bond acceptors (Lipinski definition) is 5. The van der Waals surface area contributed by atoms with Gasteiger partial charge in [0.25, 0.3) is 0 Å². The van der Waals surface area contributed by atoms with Crippen LogP contribution in [0.1, 0.15) is 74.1 Å². The number of halogens is 1. The molecule has 1 heterocycles. The average Bonchev–Trinajstić information content (AvgIpc) is 3.03. The van der Waals surface area contributed by atoms with Crippen LogP contribution in [0.3, 0.4) is 0 Å². The molecule has 26 heavy (non-hydrogen) atoms. The Morgan fingerprint density at radius 1 is 1.23 bits per heavy atom. The lowest BCUT2D eigenvalue weighted by atomic mass is 9.87. The lowest BCUT2D eigenvalue weighted by molar-refractivity contribution is -0.118. The van der Waals surface area contributed by atoms with E-state index in [-0.39, 0.29) is 30.0 Å². The summed E-state index contributed by atoms with van der Waals surface area (Å²) in [6.07, 6.45) is 1.24. The summed E-state index contributed by atoms with van der Waals surface area (Å²) >= 11 is 2.49. The van der Waals surface area contributed by atoms with Gasteiger partial charge in [-0.2, -0.15) is 0 Å². The zero-order valence-electron chi connectivity index (χ0n) is 15.7. The predicted octanol–water partition coefficient (Wildman–Crippen LogP) is 4.95. The molecule has 2 N–H and O–H groups in total. The largest absolute Gasteiger partial charge is 0.388 e. The molecule has 1 aromatic carbocycles. The number of aliphatic hydroxyl groups excluding tert-OH is 1. The van der Waals surface area contributed by atoms with Crippen LogP contribution in [0.4, 0.5) is 4.39 Å². The highest BCUT2D eigenvalue weighted by Gasteiger charge is 2.19. The Bertz CT molecular complexity index is 744. The van der Waals surface area contributed by atoms with Crippen molar-refractivity contribution < 1.29 is 14.3 Å². The molecule has 0 aliphatic carbocycles. The molecule has 0 fully saturated rings. The topological polar surface area (TPSA) is 62.2 Å². The van der Waals surface area contributed by atoms with Gasteiger partial charge in [0, 0.05) is 18.1 Å². The first-order valence-corrected chi connectivity index (χ1v) is 10.2. The van der Waals surface area contributed by atoms with Gasteiger partial charge in [0.2, 0.25) is 5.91 Å². The second-order valence-electron chi connectivity index (χ2n) is 6.88. The SMILES string of the molecule is CC(C)c1cc(F)cc(C(C)C)c1CC(=O)NSc1ncc(C(C)O)s1. The van der Waals surface area contributed by atoms with Crippen molar-refractivity contribution in [3.63, 3.8) is 0 Å². The van der Waals surface area contributed by atoms with Crippen molar-refractivity contribution in [1.82, 2.24) is 9.71 Å². The second kappa shape index (κ2) is 8.97. The van der Waals surface area contributed by atoms with Crippen LogP contribution >= 0.6 is 23.3 Å². The Morgan fingerprint density at radius 3 is 2.27 bits per heavy atom. The number of aromatic nitrogens is 1. The lowest BCUT2D eigenvalue weighted by Gasteiger charge is -2.19. The summed E-state index contributed by atoms with van der Waals surface area (Å²) in [5, 5.41) is 9.54. The van der Waals surface area contributed by atoms with Crippen LogP contribution in [0, 0.1) is 5.82 Å². The molecule has 2 aromatic rings. The highest BCUT2D eigenvalue weighted by Crippen LogP contribution is 2.30. The minimum Gasteiger partial charge on any atom is -0.388 e. The molecule has 0 radical (unpaired) electrons. The van der Waals surface area contributed by atoms with Gasteiger partial charge in [-0.05, 0) is 47.6 Å². The van der Waals surface area contributed by atoms with Gasteiger partial charge in [0.1, 0.15) is 5.82 Å². The number of nitrogens with zero attached hydrogens (tertiary/aromatic N) is 1. The van der Waals surface area contributed by atoms with Gasteiger partial charge >= 0.3 is 0 Å². The van der Waals surface area contributed by atoms with Crippen LogP contribution in [0.25, 0.3) is 0 Å². The number of nitrogens with one attached hydrogen (secondary N) is 1. The average molecular weight is 397 g/mol. The zero-order valence-corrected chi connectivity index (χ0v) is 17.3. The van der Waals surface area contributed by atoms with Crippen LogP contribution in [0.2, 0.25) is 0 Å². The Hall–Kier alpha value is -1.44. The predicted molar refractivity (Wildman–Crippen MR) is 105 cm³/mol. The van der Waals surface area contributed by atoms with Crippen molar-refractivity contribution in [2.24, 2.45) is 0 Å². The maximum Gasteiger partial charge on any atom is 0.234 e. The molecule has 7 heteroatoms. The van der Waals surface area contributed by atoms with Crippen LogP contribution in [0.5, 0.6) is 0 Å². The number of rotatable bonds is 7. The minimum atomic E-state index is -0.570. The van der Waals surface area contributed by atoms with E-state index in [9.17, 15) is 14.3 Å². The molecular weight excluding hydrogens is 371 g/mol. The summed E-state index contributed by atoms with van der Waals surface area (Å²) in [4.78, 5) is 17.4. The second-order valence-corrected chi connectivity index (χ2v) is 9.00. The standard InChI is InChI=1S/C19H25FN2O2S2/c1-10(2)14-6-13(20)7-15(11(3)4)16(14)8-18(24)22-26-19-21-9-17(25-19)12(5)23/h6-7,9-12,23H,8H2,1-5H3,(H,22,24). The first kappa shape index (κ1) is 20.9. The summed E-state index contributed by atoms with van der Waals surface area (Å²) in [7, 11) is 0. The van der Waals surface area contributed by atoms with Gasteiger partial charge in [-0.15, -0.1) is 11.3 Å². The first-order valence-electron chi connectivity index (χ1n) is 8.60. The van der Waals surface area contributed by atoms with Gasteiger partial charge in [-0.3, -0.25) is 9.52 Å². The van der Waals surface area contributed by atoms with Crippen LogP contribution in [0.15, 0.2) is 22.7 Å². The van der Waals surface area contributed by atoms with E-state index in [0.29, 0.717) is 4.34 Å². The molecule has 0 saturated carbocycles. The summed E-state index contributed by atoms with van der Waals surface area (Å²) in [5.41, 5.74) is 2.65. The zero-order chi connectivity index (χ0) is 19.4. The fraction of sp³-hybridized carbons (Fsp3) is 0.474. The van der Waals surface area contributed by atoms with Gasteiger partial charge in [0.05, 0.1) is 17.4 Å². The molecule has 2 rings (SSSR count). The molecule has 0 saturated heterocycles. The number of carbonyl (C=O) groups is 1. The Morgan fingerprint density at radius 2 is 1.81 bits per heavy atom. The number of benzene rings is 1. The minimum absolute atomic E-state index is 0.131. The molecular formula is C19H25FN2O2S2. The van der Waals surface area contributed by atoms with E-state index in [4.69, 9.17) is 0 Å². The molecule has 0 aliphatic rings. The fourth-order valence-electron chi connectivity index (χ4n) is 2.72. The van der Waals surface area contributed by atoms with Gasteiger partial charge in [0.15, 0.2) is 4.34 Å². The molecule has 142 valence electrons. The van der Waals surface area contributed by atoms with Crippen molar-refractivity contribution in [1.29, 1.82) is 0 Å². The highest BCUT2D eigenvalue weighted by atomic mass is 32.2. The van der Waals surface area contributed by atoms with Crippen LogP contribution < -0.4 is 4.72 Å². The first-order chi connectivity index (χ1) is 12.2. The van der Waals surface area contributed by atoms with Crippen molar-refractivity contribution in [3.8, 4) is 0 Å². The van der Waals surface area contributed by atoms with Crippen molar-refractivity contribution in [3.05, 3.63) is 45.7 Å². The number of amides is 1. The smallest absolute Gasteiger partial charge is 0.234 e. The number of hydrogen-bond donors (Lipinski definition) is 2. The summed E-state index contributed by atoms with van der Waals surface area (Å²) < 4.78 is 17.4. The van der Waals surface area contributed by atoms with Gasteiger partial charge in [-0.1, -0.05) is 27.7 Å². The molecule has 4 nitrogen and oxygen atoms in total. The van der Waals surface area contributed by atoms with Crippen molar-refractivity contribution in [2.75, 3.05) is 0 Å². The Kier molecular flexibility index (Phi) is 7.20. The molecule has 1 amide bonds. The normalized spacial score (nSPS) is 12.7. The molecule has 0 aliphatic heterocycles. The van der Waals surface area contributed by atoms with Crippen LogP contribution in [-0.2, 0) is 11.2 Å². The van der Waals surface area contributed by atoms with E-state index in [1.807, 2.05) is 27.7 Å². The third-order valence-electron chi connectivity index (χ3n) is 4.03. The third-order valence-corrected chi connectivity index (χ3v) is 6.10. The van der Waals surface area contributed by atoms with E-state index < -0.39 is 6.10 Å². The fourth-order valence-corrected chi connectivity index (χ4v) is 4.26. The van der Waals surface area contributed by atoms with Gasteiger partial charge in [-0.25, -0.2) is 9.37 Å². The summed E-state index contributed by atoms with van der Waals surface area (Å²) in [6.45, 7) is 9.69. The van der Waals surface area contributed by atoms with E-state index in [1.54, 1.807) is 13.1 Å². The number of aliphatic hydroxyl groups is 1. The van der Waals surface area contributed by atoms with Gasteiger partial charge < -0.3 is 5.11 Å². The van der Waals surface area contributed by atoms with E-state index in [2.05, 4.69) is 9.71 Å². The van der Waals surface area contributed by atoms with Crippen LogP contribution in [-0.4, -0.2) is 16.0 Å². The molecule has 0 bridgehead atoms. The molecule has 1 aromatic heterocycles. The van der Waals surface area contributed by atoms with E-state index in [1.165, 1.54) is 23.5 Å². The van der Waals surface area contributed by atoms with Crippen molar-refractivity contribution in [2.45, 2.75) is 63.3 Å². The van der Waals surface area contributed by atoms with Crippen molar-refractivity contribution >= 4 is 29.2 Å². The molecule has 0 spiro atoms. The summed E-state index contributed by atoms with van der Waals surface area (Å²) in [6, 6.07) is 3.06. The highest BCUT2D eigenvalue weighted by molar-refractivity contribution is 7.99. The molecule has 1 atom stereocenters. The lowest BCUT2D eigenvalue weighted by Crippen LogP contribution is -2.20. The number of carbonyl (C=O) groups excluding carboxylic acids is 1. The summed E-state index contributed by atoms with van der Waals surface area (Å²) in [5.74, 6) is -0.152. The maximum atomic E-state index is 14.0. The van der Waals surface area contributed by atoms with E-state index >= 15 is 0 Å². The third kappa shape index (κ3) is 5.28.